The SMILES string of the molecule is NCC1(C2(c3ccccc3)CC2)CCCC1. The van der Waals surface area contributed by atoms with Crippen LogP contribution in [-0.2, 0) is 5.41 Å². The second kappa shape index (κ2) is 3.59. The smallest absolute Gasteiger partial charge is 0.00221 e. The molecule has 3 rings (SSSR count). The summed E-state index contributed by atoms with van der Waals surface area (Å²) in [7, 11) is 0. The molecule has 1 nitrogen and oxygen atoms in total. The topological polar surface area (TPSA) is 26.0 Å². The van der Waals surface area contributed by atoms with E-state index in [4.69, 9.17) is 5.73 Å². The average molecular weight is 215 g/mol. The van der Waals surface area contributed by atoms with Crippen LogP contribution in [0.15, 0.2) is 30.3 Å². The summed E-state index contributed by atoms with van der Waals surface area (Å²) in [6.07, 6.45) is 8.16. The zero-order chi connectivity index (χ0) is 11.1. The van der Waals surface area contributed by atoms with Crippen LogP contribution in [0.3, 0.4) is 0 Å². The van der Waals surface area contributed by atoms with Crippen molar-refractivity contribution in [1.82, 2.24) is 0 Å². The van der Waals surface area contributed by atoms with Crippen molar-refractivity contribution in [3.05, 3.63) is 35.9 Å². The lowest BCUT2D eigenvalue weighted by Gasteiger charge is -2.38. The van der Waals surface area contributed by atoms with Crippen LogP contribution >= 0.6 is 0 Å². The fraction of sp³-hybridized carbons (Fsp3) is 0.600. The Morgan fingerprint density at radius 3 is 2.06 bits per heavy atom. The Bertz CT molecular complexity index is 358. The lowest BCUT2D eigenvalue weighted by atomic mass is 9.67. The van der Waals surface area contributed by atoms with Crippen molar-refractivity contribution in [3.8, 4) is 0 Å². The molecule has 0 unspecified atom stereocenters. The molecular weight excluding hydrogens is 194 g/mol. The molecule has 1 aromatic carbocycles. The van der Waals surface area contributed by atoms with Gasteiger partial charge in [0.15, 0.2) is 0 Å². The molecule has 0 heterocycles. The van der Waals surface area contributed by atoms with Gasteiger partial charge in [0.1, 0.15) is 0 Å². The summed E-state index contributed by atoms with van der Waals surface area (Å²) in [5, 5.41) is 0. The number of nitrogens with two attached hydrogens (primary N) is 1. The van der Waals surface area contributed by atoms with Crippen LogP contribution in [0.2, 0.25) is 0 Å². The molecule has 0 radical (unpaired) electrons. The van der Waals surface area contributed by atoms with E-state index in [2.05, 4.69) is 30.3 Å². The molecule has 86 valence electrons. The molecule has 2 aliphatic carbocycles. The molecule has 2 aliphatic rings. The van der Waals surface area contributed by atoms with Gasteiger partial charge >= 0.3 is 0 Å². The monoisotopic (exact) mass is 215 g/mol. The summed E-state index contributed by atoms with van der Waals surface area (Å²) in [4.78, 5) is 0. The van der Waals surface area contributed by atoms with Crippen LogP contribution in [0.25, 0.3) is 0 Å². The van der Waals surface area contributed by atoms with Gasteiger partial charge in [0.25, 0.3) is 0 Å². The first-order valence-electron chi connectivity index (χ1n) is 6.59. The van der Waals surface area contributed by atoms with Crippen molar-refractivity contribution in [1.29, 1.82) is 0 Å². The average Bonchev–Trinajstić information content (AvgIpc) is 3.03. The fourth-order valence-corrected chi connectivity index (χ4v) is 3.94. The van der Waals surface area contributed by atoms with Gasteiger partial charge in [0, 0.05) is 5.41 Å². The summed E-state index contributed by atoms with van der Waals surface area (Å²) >= 11 is 0. The van der Waals surface area contributed by atoms with Crippen LogP contribution in [0.1, 0.15) is 44.1 Å². The van der Waals surface area contributed by atoms with Crippen LogP contribution in [0, 0.1) is 5.41 Å². The quantitative estimate of drug-likeness (QED) is 0.823. The minimum absolute atomic E-state index is 0.425. The third-order valence-corrected chi connectivity index (χ3v) is 5.04. The van der Waals surface area contributed by atoms with Gasteiger partial charge in [-0.25, -0.2) is 0 Å². The molecule has 2 N–H and O–H groups in total. The summed E-state index contributed by atoms with van der Waals surface area (Å²) in [6, 6.07) is 11.1. The highest BCUT2D eigenvalue weighted by Gasteiger charge is 2.59. The predicted octanol–water partition coefficient (Wildman–Crippen LogP) is 3.24. The van der Waals surface area contributed by atoms with E-state index in [-0.39, 0.29) is 0 Å². The van der Waals surface area contributed by atoms with E-state index in [1.807, 2.05) is 0 Å². The second-order valence-corrected chi connectivity index (χ2v) is 5.64. The van der Waals surface area contributed by atoms with Crippen LogP contribution in [0.5, 0.6) is 0 Å². The molecule has 1 aromatic rings. The summed E-state index contributed by atoms with van der Waals surface area (Å²) < 4.78 is 0. The highest BCUT2D eigenvalue weighted by Crippen LogP contribution is 2.65. The minimum atomic E-state index is 0.425. The summed E-state index contributed by atoms with van der Waals surface area (Å²) in [5.74, 6) is 0. The van der Waals surface area contributed by atoms with Gasteiger partial charge in [-0.3, -0.25) is 0 Å². The molecule has 2 fully saturated rings. The van der Waals surface area contributed by atoms with E-state index in [9.17, 15) is 0 Å². The molecule has 0 aromatic heterocycles. The van der Waals surface area contributed by atoms with Gasteiger partial charge in [-0.05, 0) is 43.2 Å². The molecule has 0 spiro atoms. The van der Waals surface area contributed by atoms with Crippen LogP contribution in [-0.4, -0.2) is 6.54 Å². The van der Waals surface area contributed by atoms with Gasteiger partial charge in [-0.1, -0.05) is 43.2 Å². The Hall–Kier alpha value is -0.820. The van der Waals surface area contributed by atoms with Gasteiger partial charge in [0.05, 0.1) is 0 Å². The first-order chi connectivity index (χ1) is 7.83. The van der Waals surface area contributed by atoms with E-state index in [1.165, 1.54) is 38.5 Å². The van der Waals surface area contributed by atoms with Crippen molar-refractivity contribution in [2.24, 2.45) is 11.1 Å². The van der Waals surface area contributed by atoms with Crippen molar-refractivity contribution in [3.63, 3.8) is 0 Å². The van der Waals surface area contributed by atoms with Crippen molar-refractivity contribution < 1.29 is 0 Å². The highest BCUT2D eigenvalue weighted by molar-refractivity contribution is 5.35. The Morgan fingerprint density at radius 1 is 0.938 bits per heavy atom. The van der Waals surface area contributed by atoms with Gasteiger partial charge < -0.3 is 5.73 Å². The molecule has 2 saturated carbocycles. The van der Waals surface area contributed by atoms with Gasteiger partial charge in [-0.15, -0.1) is 0 Å². The maximum atomic E-state index is 6.13. The van der Waals surface area contributed by atoms with Crippen LogP contribution in [0.4, 0.5) is 0 Å². The van der Waals surface area contributed by atoms with Crippen molar-refractivity contribution in [2.75, 3.05) is 6.54 Å². The highest BCUT2D eigenvalue weighted by atomic mass is 14.7. The third kappa shape index (κ3) is 1.27. The fourth-order valence-electron chi connectivity index (χ4n) is 3.94. The van der Waals surface area contributed by atoms with E-state index >= 15 is 0 Å². The van der Waals surface area contributed by atoms with E-state index in [0.717, 1.165) is 6.54 Å². The van der Waals surface area contributed by atoms with E-state index in [0.29, 0.717) is 10.8 Å². The van der Waals surface area contributed by atoms with Crippen molar-refractivity contribution >= 4 is 0 Å². The van der Waals surface area contributed by atoms with E-state index in [1.54, 1.807) is 5.56 Å². The molecule has 0 atom stereocenters. The molecule has 16 heavy (non-hydrogen) atoms. The van der Waals surface area contributed by atoms with Crippen molar-refractivity contribution in [2.45, 2.75) is 43.9 Å². The van der Waals surface area contributed by atoms with Crippen LogP contribution < -0.4 is 5.73 Å². The number of rotatable bonds is 3. The molecule has 0 amide bonds. The Balaban J connectivity index is 1.99. The third-order valence-electron chi connectivity index (χ3n) is 5.04. The standard InChI is InChI=1S/C15H21N/c16-12-14(8-4-5-9-14)15(10-11-15)13-6-2-1-3-7-13/h1-3,6-7H,4-5,8-12,16H2. The largest absolute Gasteiger partial charge is 0.330 e. The van der Waals surface area contributed by atoms with Gasteiger partial charge in [0.2, 0.25) is 0 Å². The Morgan fingerprint density at radius 2 is 1.56 bits per heavy atom. The Kier molecular flexibility index (Phi) is 2.32. The minimum Gasteiger partial charge on any atom is -0.330 e. The number of hydrogen-bond acceptors (Lipinski definition) is 1. The zero-order valence-electron chi connectivity index (χ0n) is 9.91. The Labute approximate surface area is 98.0 Å². The van der Waals surface area contributed by atoms with E-state index < -0.39 is 0 Å². The maximum Gasteiger partial charge on any atom is 0.00221 e. The molecular formula is C15H21N. The molecule has 1 heteroatoms. The first kappa shape index (κ1) is 10.3. The molecule has 0 bridgehead atoms. The van der Waals surface area contributed by atoms with Gasteiger partial charge in [-0.2, -0.15) is 0 Å². The lowest BCUT2D eigenvalue weighted by Crippen LogP contribution is -2.39. The zero-order valence-corrected chi connectivity index (χ0v) is 9.91. The molecule has 0 saturated heterocycles. The lowest BCUT2D eigenvalue weighted by molar-refractivity contribution is 0.219. The number of hydrogen-bond donors (Lipinski definition) is 1. The first-order valence-corrected chi connectivity index (χ1v) is 6.59. The summed E-state index contributed by atoms with van der Waals surface area (Å²) in [6.45, 7) is 0.877. The maximum absolute atomic E-state index is 6.13. The number of benzene rings is 1. The predicted molar refractivity (Wildman–Crippen MR) is 67.3 cm³/mol. The normalized spacial score (nSPS) is 25.6. The summed E-state index contributed by atoms with van der Waals surface area (Å²) in [5.41, 5.74) is 8.55. The second-order valence-electron chi connectivity index (χ2n) is 5.64. The molecule has 0 aliphatic heterocycles.